The van der Waals surface area contributed by atoms with Gasteiger partial charge in [-0.3, -0.25) is 4.90 Å². The zero-order chi connectivity index (χ0) is 12.1. The summed E-state index contributed by atoms with van der Waals surface area (Å²) in [6, 6.07) is 1.47. The molecule has 2 unspecified atom stereocenters. The van der Waals surface area contributed by atoms with Crippen molar-refractivity contribution in [3.05, 3.63) is 0 Å². The largest absolute Gasteiger partial charge is 0.311 e. The molecule has 1 N–H and O–H groups in total. The van der Waals surface area contributed by atoms with Crippen molar-refractivity contribution in [2.45, 2.75) is 59.5 Å². The maximum absolute atomic E-state index is 3.71. The average Bonchev–Trinajstić information content (AvgIpc) is 2.16. The first-order valence-electron chi connectivity index (χ1n) is 7.00. The Balaban J connectivity index is 2.47. The van der Waals surface area contributed by atoms with Crippen LogP contribution in [0.1, 0.15) is 47.5 Å². The predicted molar refractivity (Wildman–Crippen MR) is 71.7 cm³/mol. The summed E-state index contributed by atoms with van der Waals surface area (Å²) in [5, 5.41) is 3.71. The third-order valence-electron chi connectivity index (χ3n) is 3.44. The summed E-state index contributed by atoms with van der Waals surface area (Å²) in [4.78, 5) is 2.70. The van der Waals surface area contributed by atoms with Crippen LogP contribution in [0.4, 0.5) is 0 Å². The number of nitrogens with one attached hydrogen (secondary N) is 1. The van der Waals surface area contributed by atoms with Crippen molar-refractivity contribution >= 4 is 0 Å². The van der Waals surface area contributed by atoms with Crippen LogP contribution >= 0.6 is 0 Å². The molecule has 16 heavy (non-hydrogen) atoms. The van der Waals surface area contributed by atoms with E-state index in [9.17, 15) is 0 Å². The van der Waals surface area contributed by atoms with Crippen molar-refractivity contribution in [2.24, 2.45) is 11.8 Å². The van der Waals surface area contributed by atoms with Gasteiger partial charge in [-0.1, -0.05) is 34.6 Å². The molecule has 0 radical (unpaired) electrons. The highest BCUT2D eigenvalue weighted by Crippen LogP contribution is 2.16. The van der Waals surface area contributed by atoms with E-state index in [1.54, 1.807) is 0 Å². The van der Waals surface area contributed by atoms with Crippen LogP contribution in [0.2, 0.25) is 0 Å². The molecule has 1 saturated heterocycles. The Morgan fingerprint density at radius 2 is 1.88 bits per heavy atom. The first-order valence-corrected chi connectivity index (χ1v) is 7.00. The normalized spacial score (nSPS) is 27.9. The Labute approximate surface area is 102 Å². The molecule has 0 saturated carbocycles. The molecule has 0 spiro atoms. The van der Waals surface area contributed by atoms with Gasteiger partial charge in [-0.15, -0.1) is 0 Å². The molecule has 0 aromatic carbocycles. The number of piperazine rings is 1. The van der Waals surface area contributed by atoms with Gasteiger partial charge in [-0.05, 0) is 24.7 Å². The molecule has 0 bridgehead atoms. The van der Waals surface area contributed by atoms with Crippen molar-refractivity contribution in [3.8, 4) is 0 Å². The van der Waals surface area contributed by atoms with E-state index in [1.807, 2.05) is 0 Å². The second-order valence-corrected chi connectivity index (χ2v) is 6.14. The summed E-state index contributed by atoms with van der Waals surface area (Å²) in [6.07, 6.45) is 2.58. The molecule has 1 fully saturated rings. The summed E-state index contributed by atoms with van der Waals surface area (Å²) >= 11 is 0. The van der Waals surface area contributed by atoms with Gasteiger partial charge in [-0.25, -0.2) is 0 Å². The van der Waals surface area contributed by atoms with Crippen LogP contribution in [0.25, 0.3) is 0 Å². The molecule has 2 heteroatoms. The van der Waals surface area contributed by atoms with Crippen molar-refractivity contribution in [3.63, 3.8) is 0 Å². The lowest BCUT2D eigenvalue weighted by molar-refractivity contribution is 0.106. The van der Waals surface area contributed by atoms with E-state index in [-0.39, 0.29) is 0 Å². The highest BCUT2D eigenvalue weighted by Gasteiger charge is 2.27. The van der Waals surface area contributed by atoms with Crippen LogP contribution in [0.15, 0.2) is 0 Å². The van der Waals surface area contributed by atoms with Crippen LogP contribution in [0.3, 0.4) is 0 Å². The molecule has 1 rings (SSSR count). The second-order valence-electron chi connectivity index (χ2n) is 6.14. The minimum atomic E-state index is 0.710. The lowest BCUT2D eigenvalue weighted by atomic mass is 9.98. The third-order valence-corrected chi connectivity index (χ3v) is 3.44. The minimum absolute atomic E-state index is 0.710. The van der Waals surface area contributed by atoms with E-state index in [0.717, 1.165) is 17.9 Å². The highest BCUT2D eigenvalue weighted by atomic mass is 15.2. The molecule has 2 nitrogen and oxygen atoms in total. The molecule has 1 heterocycles. The summed E-state index contributed by atoms with van der Waals surface area (Å²) in [5.74, 6) is 1.59. The maximum atomic E-state index is 3.71. The average molecular weight is 226 g/mol. The van der Waals surface area contributed by atoms with Gasteiger partial charge in [0.1, 0.15) is 0 Å². The van der Waals surface area contributed by atoms with Gasteiger partial charge in [-0.2, -0.15) is 0 Å². The lowest BCUT2D eigenvalue weighted by Crippen LogP contribution is -2.57. The molecule has 0 aromatic rings. The quantitative estimate of drug-likeness (QED) is 0.775. The zero-order valence-corrected chi connectivity index (χ0v) is 11.8. The van der Waals surface area contributed by atoms with Crippen LogP contribution in [0.5, 0.6) is 0 Å². The molecule has 1 aliphatic rings. The zero-order valence-electron chi connectivity index (χ0n) is 11.8. The SMILES string of the molecule is CCC1CNC(CC(C)C)CN1CC(C)C. The first-order chi connectivity index (χ1) is 7.52. The number of rotatable bonds is 5. The third kappa shape index (κ3) is 4.42. The van der Waals surface area contributed by atoms with Crippen LogP contribution in [0, 0.1) is 11.8 Å². The van der Waals surface area contributed by atoms with Crippen molar-refractivity contribution in [2.75, 3.05) is 19.6 Å². The molecule has 96 valence electrons. The van der Waals surface area contributed by atoms with E-state index in [2.05, 4.69) is 44.8 Å². The predicted octanol–water partition coefficient (Wildman–Crippen LogP) is 2.74. The van der Waals surface area contributed by atoms with Gasteiger partial charge in [0, 0.05) is 31.7 Å². The summed E-state index contributed by atoms with van der Waals surface area (Å²) in [7, 11) is 0. The number of hydrogen-bond donors (Lipinski definition) is 1. The van der Waals surface area contributed by atoms with Gasteiger partial charge in [0.2, 0.25) is 0 Å². The molecule has 0 aliphatic carbocycles. The standard InChI is InChI=1S/C14H30N2/c1-6-14-8-15-13(7-11(2)3)10-16(14)9-12(4)5/h11-15H,6-10H2,1-5H3. The molecule has 2 atom stereocenters. The Kier molecular flexibility index (Phi) is 5.77. The number of nitrogens with zero attached hydrogens (tertiary/aromatic N) is 1. The van der Waals surface area contributed by atoms with Crippen molar-refractivity contribution < 1.29 is 0 Å². The topological polar surface area (TPSA) is 15.3 Å². The van der Waals surface area contributed by atoms with Crippen LogP contribution in [-0.4, -0.2) is 36.6 Å². The number of hydrogen-bond acceptors (Lipinski definition) is 2. The molecular weight excluding hydrogens is 196 g/mol. The van der Waals surface area contributed by atoms with Gasteiger partial charge in [0.15, 0.2) is 0 Å². The summed E-state index contributed by atoms with van der Waals surface area (Å²) in [6.45, 7) is 15.3. The van der Waals surface area contributed by atoms with E-state index >= 15 is 0 Å². The molecule has 0 aromatic heterocycles. The van der Waals surface area contributed by atoms with Gasteiger partial charge < -0.3 is 5.32 Å². The maximum Gasteiger partial charge on any atom is 0.0218 e. The van der Waals surface area contributed by atoms with Crippen molar-refractivity contribution in [1.29, 1.82) is 0 Å². The Bertz CT molecular complexity index is 189. The van der Waals surface area contributed by atoms with E-state index in [1.165, 1.54) is 32.5 Å². The monoisotopic (exact) mass is 226 g/mol. The Morgan fingerprint density at radius 3 is 2.38 bits per heavy atom. The van der Waals surface area contributed by atoms with E-state index < -0.39 is 0 Å². The molecule has 1 aliphatic heterocycles. The fraction of sp³-hybridized carbons (Fsp3) is 1.00. The lowest BCUT2D eigenvalue weighted by Gasteiger charge is -2.41. The fourth-order valence-corrected chi connectivity index (χ4v) is 2.75. The molecular formula is C14H30N2. The Hall–Kier alpha value is -0.0800. The Morgan fingerprint density at radius 1 is 1.19 bits per heavy atom. The van der Waals surface area contributed by atoms with Crippen molar-refractivity contribution in [1.82, 2.24) is 10.2 Å². The summed E-state index contributed by atoms with van der Waals surface area (Å²) in [5.41, 5.74) is 0. The fourth-order valence-electron chi connectivity index (χ4n) is 2.75. The highest BCUT2D eigenvalue weighted by molar-refractivity contribution is 4.86. The minimum Gasteiger partial charge on any atom is -0.311 e. The van der Waals surface area contributed by atoms with Crippen LogP contribution in [-0.2, 0) is 0 Å². The molecule has 0 amide bonds. The van der Waals surface area contributed by atoms with Gasteiger partial charge in [0.25, 0.3) is 0 Å². The summed E-state index contributed by atoms with van der Waals surface area (Å²) < 4.78 is 0. The van der Waals surface area contributed by atoms with E-state index in [4.69, 9.17) is 0 Å². The van der Waals surface area contributed by atoms with Gasteiger partial charge >= 0.3 is 0 Å². The first kappa shape index (κ1) is 14.0. The van der Waals surface area contributed by atoms with Crippen LogP contribution < -0.4 is 5.32 Å². The van der Waals surface area contributed by atoms with E-state index in [0.29, 0.717) is 6.04 Å². The van der Waals surface area contributed by atoms with Gasteiger partial charge in [0.05, 0.1) is 0 Å². The second kappa shape index (κ2) is 6.61. The smallest absolute Gasteiger partial charge is 0.0218 e.